The van der Waals surface area contributed by atoms with Gasteiger partial charge in [0.15, 0.2) is 0 Å². The molecule has 0 aliphatic carbocycles. The third-order valence-electron chi connectivity index (χ3n) is 2.54. The molecule has 2 N–H and O–H groups in total. The quantitative estimate of drug-likeness (QED) is 0.728. The average Bonchev–Trinajstić information content (AvgIpc) is 2.95. The van der Waals surface area contributed by atoms with E-state index in [1.807, 2.05) is 29.6 Å². The monoisotopic (exact) mass is 244 g/mol. The second kappa shape index (κ2) is 3.71. The van der Waals surface area contributed by atoms with Crippen LogP contribution in [0.2, 0.25) is 0 Å². The Hall–Kier alpha value is -2.14. The zero-order valence-corrected chi connectivity index (χ0v) is 9.49. The van der Waals surface area contributed by atoms with Crippen molar-refractivity contribution in [3.8, 4) is 11.4 Å². The summed E-state index contributed by atoms with van der Waals surface area (Å²) in [6.07, 6.45) is 1.34. The molecule has 0 spiro atoms. The van der Waals surface area contributed by atoms with Crippen LogP contribution < -0.4 is 0 Å². The molecule has 0 atom stereocenters. The van der Waals surface area contributed by atoms with Crippen LogP contribution in [0.5, 0.6) is 0 Å². The average molecular weight is 244 g/mol. The molecule has 1 aromatic carbocycles. The van der Waals surface area contributed by atoms with Crippen LogP contribution in [0.3, 0.4) is 0 Å². The summed E-state index contributed by atoms with van der Waals surface area (Å²) in [4.78, 5) is 17.7. The Labute approximate surface area is 101 Å². The lowest BCUT2D eigenvalue weighted by molar-refractivity contribution is 0.0691. The number of aromatic nitrogens is 2. The summed E-state index contributed by atoms with van der Waals surface area (Å²) in [6, 6.07) is 7.97. The molecular weight excluding hydrogens is 236 g/mol. The molecule has 5 heteroatoms. The van der Waals surface area contributed by atoms with Crippen LogP contribution in [0, 0.1) is 0 Å². The number of rotatable bonds is 2. The Bertz CT molecular complexity index is 699. The Morgan fingerprint density at radius 1 is 1.35 bits per heavy atom. The number of H-pyrrole nitrogens is 1. The summed E-state index contributed by atoms with van der Waals surface area (Å²) in [6.45, 7) is 0. The molecule has 3 rings (SSSR count). The predicted octanol–water partition coefficient (Wildman–Crippen LogP) is 2.99. The van der Waals surface area contributed by atoms with Crippen LogP contribution in [0.4, 0.5) is 0 Å². The lowest BCUT2D eigenvalue weighted by Gasteiger charge is -1.94. The minimum atomic E-state index is -0.997. The van der Waals surface area contributed by atoms with Crippen LogP contribution in [-0.2, 0) is 0 Å². The second-order valence-electron chi connectivity index (χ2n) is 3.60. The largest absolute Gasteiger partial charge is 0.477 e. The molecule has 0 aliphatic heterocycles. The molecule has 0 amide bonds. The Kier molecular flexibility index (Phi) is 2.19. The Morgan fingerprint density at radius 2 is 2.18 bits per heavy atom. The number of hydrogen-bond donors (Lipinski definition) is 2. The third-order valence-corrected chi connectivity index (χ3v) is 3.51. The summed E-state index contributed by atoms with van der Waals surface area (Å²) in [5, 5.41) is 11.9. The van der Waals surface area contributed by atoms with Crippen molar-refractivity contribution in [1.29, 1.82) is 0 Å². The number of nitrogens with one attached hydrogen (secondary N) is 1. The molecule has 3 aromatic rings. The molecule has 2 heterocycles. The third kappa shape index (κ3) is 1.60. The number of nitrogens with zero attached hydrogens (tertiary/aromatic N) is 1. The first kappa shape index (κ1) is 10.0. The molecule has 0 saturated heterocycles. The van der Waals surface area contributed by atoms with Gasteiger partial charge in [-0.2, -0.15) is 0 Å². The van der Waals surface area contributed by atoms with Gasteiger partial charge in [-0.15, -0.1) is 11.3 Å². The Balaban J connectivity index is 2.17. The number of carbonyl (C=O) groups is 1. The minimum absolute atomic E-state index is 0.107. The van der Waals surface area contributed by atoms with Gasteiger partial charge in [0.25, 0.3) is 0 Å². The SMILES string of the molecule is O=C(O)c1cnc(-c2csc3ccccc23)[nH]1. The van der Waals surface area contributed by atoms with Gasteiger partial charge in [-0.3, -0.25) is 0 Å². The van der Waals surface area contributed by atoms with Crippen molar-refractivity contribution in [2.45, 2.75) is 0 Å². The first-order chi connectivity index (χ1) is 8.25. The fourth-order valence-corrected chi connectivity index (χ4v) is 2.67. The maximum absolute atomic E-state index is 10.8. The topological polar surface area (TPSA) is 66.0 Å². The van der Waals surface area contributed by atoms with Gasteiger partial charge in [0.1, 0.15) is 11.5 Å². The van der Waals surface area contributed by atoms with Gasteiger partial charge in [0.2, 0.25) is 0 Å². The van der Waals surface area contributed by atoms with Gasteiger partial charge in [-0.05, 0) is 6.07 Å². The predicted molar refractivity (Wildman–Crippen MR) is 66.4 cm³/mol. The minimum Gasteiger partial charge on any atom is -0.477 e. The Morgan fingerprint density at radius 3 is 2.94 bits per heavy atom. The van der Waals surface area contributed by atoms with Gasteiger partial charge in [0, 0.05) is 21.0 Å². The van der Waals surface area contributed by atoms with Gasteiger partial charge in [-0.25, -0.2) is 9.78 Å². The van der Waals surface area contributed by atoms with E-state index in [0.717, 1.165) is 15.6 Å². The molecule has 0 saturated carbocycles. The van der Waals surface area contributed by atoms with Crippen LogP contribution in [0.15, 0.2) is 35.8 Å². The fraction of sp³-hybridized carbons (Fsp3) is 0. The highest BCUT2D eigenvalue weighted by molar-refractivity contribution is 7.17. The highest BCUT2D eigenvalue weighted by atomic mass is 32.1. The number of carboxylic acid groups (broad SMARTS) is 1. The van der Waals surface area contributed by atoms with E-state index >= 15 is 0 Å². The molecule has 0 unspecified atom stereocenters. The molecule has 0 radical (unpaired) electrons. The smallest absolute Gasteiger partial charge is 0.353 e. The van der Waals surface area contributed by atoms with Crippen molar-refractivity contribution in [3.05, 3.63) is 41.5 Å². The van der Waals surface area contributed by atoms with E-state index in [9.17, 15) is 4.79 Å². The normalized spacial score (nSPS) is 10.8. The van der Waals surface area contributed by atoms with E-state index in [4.69, 9.17) is 5.11 Å². The van der Waals surface area contributed by atoms with Gasteiger partial charge in [-0.1, -0.05) is 18.2 Å². The molecular formula is C12H8N2O2S. The molecule has 4 nitrogen and oxygen atoms in total. The zero-order chi connectivity index (χ0) is 11.8. The molecule has 84 valence electrons. The van der Waals surface area contributed by atoms with E-state index in [-0.39, 0.29) is 5.69 Å². The second-order valence-corrected chi connectivity index (χ2v) is 4.51. The first-order valence-electron chi connectivity index (χ1n) is 5.00. The molecule has 2 aromatic heterocycles. The summed E-state index contributed by atoms with van der Waals surface area (Å²) >= 11 is 1.62. The van der Waals surface area contributed by atoms with Gasteiger partial charge < -0.3 is 10.1 Å². The highest BCUT2D eigenvalue weighted by Gasteiger charge is 2.12. The summed E-state index contributed by atoms with van der Waals surface area (Å²) < 4.78 is 1.16. The number of benzene rings is 1. The fourth-order valence-electron chi connectivity index (χ4n) is 1.73. The first-order valence-corrected chi connectivity index (χ1v) is 5.88. The maximum Gasteiger partial charge on any atom is 0.353 e. The number of aromatic carboxylic acids is 1. The van der Waals surface area contributed by atoms with E-state index < -0.39 is 5.97 Å². The number of thiophene rings is 1. The zero-order valence-electron chi connectivity index (χ0n) is 8.68. The number of hydrogen-bond acceptors (Lipinski definition) is 3. The number of carboxylic acids is 1. The van der Waals surface area contributed by atoms with E-state index in [2.05, 4.69) is 9.97 Å². The van der Waals surface area contributed by atoms with Crippen molar-refractivity contribution >= 4 is 27.4 Å². The number of imidazole rings is 1. The maximum atomic E-state index is 10.8. The van der Waals surface area contributed by atoms with Crippen molar-refractivity contribution < 1.29 is 9.90 Å². The summed E-state index contributed by atoms with van der Waals surface area (Å²) in [5.74, 6) is -0.400. The summed E-state index contributed by atoms with van der Waals surface area (Å²) in [7, 11) is 0. The molecule has 17 heavy (non-hydrogen) atoms. The standard InChI is InChI=1S/C12H8N2O2S/c15-12(16)9-5-13-11(14-9)8-6-17-10-4-2-1-3-7(8)10/h1-6H,(H,13,14)(H,15,16). The van der Waals surface area contributed by atoms with Crippen LogP contribution in [0.1, 0.15) is 10.5 Å². The van der Waals surface area contributed by atoms with E-state index in [0.29, 0.717) is 5.82 Å². The van der Waals surface area contributed by atoms with Gasteiger partial charge in [0.05, 0.1) is 6.20 Å². The van der Waals surface area contributed by atoms with Crippen molar-refractivity contribution in [2.75, 3.05) is 0 Å². The molecule has 0 aliphatic rings. The van der Waals surface area contributed by atoms with Crippen molar-refractivity contribution in [2.24, 2.45) is 0 Å². The highest BCUT2D eigenvalue weighted by Crippen LogP contribution is 2.31. The summed E-state index contributed by atoms with van der Waals surface area (Å²) in [5.41, 5.74) is 1.05. The van der Waals surface area contributed by atoms with E-state index in [1.54, 1.807) is 11.3 Å². The van der Waals surface area contributed by atoms with Gasteiger partial charge >= 0.3 is 5.97 Å². The van der Waals surface area contributed by atoms with Crippen LogP contribution >= 0.6 is 11.3 Å². The van der Waals surface area contributed by atoms with Crippen molar-refractivity contribution in [1.82, 2.24) is 9.97 Å². The number of aromatic amines is 1. The van der Waals surface area contributed by atoms with Crippen LogP contribution in [0.25, 0.3) is 21.5 Å². The van der Waals surface area contributed by atoms with Crippen molar-refractivity contribution in [3.63, 3.8) is 0 Å². The lowest BCUT2D eigenvalue weighted by atomic mass is 10.2. The van der Waals surface area contributed by atoms with E-state index in [1.165, 1.54) is 6.20 Å². The molecule has 0 fully saturated rings. The molecule has 0 bridgehead atoms. The van der Waals surface area contributed by atoms with Crippen LogP contribution in [-0.4, -0.2) is 21.0 Å². The number of fused-ring (bicyclic) bond motifs is 1. The lowest BCUT2D eigenvalue weighted by Crippen LogP contribution is -1.95.